The Bertz CT molecular complexity index is 2680. The number of hydrogen-bond donors (Lipinski definition) is 9. The number of amides is 4. The van der Waals surface area contributed by atoms with Gasteiger partial charge >= 0.3 is 5.97 Å². The van der Waals surface area contributed by atoms with Gasteiger partial charge in [-0.3, -0.25) is 19.2 Å². The summed E-state index contributed by atoms with van der Waals surface area (Å²) in [5.41, 5.74) is 11.5. The SMILES string of the molecule is N[C@H](Cc1ccccc1)C(=O)N[C@H](Cc1ccccc1)C(=O)N[C@H](Cc1c[nH]c2ccccc12)C(=O)N[C@H](Cc1ccc(O)cc1)C(=O)N[C@H](Cc1c[nH]c2ccccc12)C(=O)O. The molecule has 0 spiro atoms. The smallest absolute Gasteiger partial charge is 0.326 e. The molecule has 5 aromatic carbocycles. The molecule has 5 atom stereocenters. The lowest BCUT2D eigenvalue weighted by Gasteiger charge is -2.27. The van der Waals surface area contributed by atoms with E-state index in [1.54, 1.807) is 24.5 Å². The van der Waals surface area contributed by atoms with Crippen LogP contribution in [-0.2, 0) is 56.1 Å². The molecule has 322 valence electrons. The van der Waals surface area contributed by atoms with Gasteiger partial charge < -0.3 is 47.2 Å². The van der Waals surface area contributed by atoms with Crippen LogP contribution in [0.1, 0.15) is 27.8 Å². The lowest BCUT2D eigenvalue weighted by molar-refractivity contribution is -0.142. The van der Waals surface area contributed by atoms with Gasteiger partial charge in [-0.2, -0.15) is 0 Å². The number of carbonyl (C=O) groups is 5. The van der Waals surface area contributed by atoms with Crippen molar-refractivity contribution < 1.29 is 34.2 Å². The number of benzene rings is 5. The van der Waals surface area contributed by atoms with Gasteiger partial charge in [-0.15, -0.1) is 0 Å². The molecular weight excluding hydrogens is 799 g/mol. The Kier molecular flexibility index (Phi) is 13.9. The van der Waals surface area contributed by atoms with Gasteiger partial charge in [-0.25, -0.2) is 4.79 Å². The molecule has 2 aromatic heterocycles. The second kappa shape index (κ2) is 20.2. The van der Waals surface area contributed by atoms with Crippen LogP contribution >= 0.6 is 0 Å². The quantitative estimate of drug-likeness (QED) is 0.0571. The summed E-state index contributed by atoms with van der Waals surface area (Å²) in [4.78, 5) is 75.9. The van der Waals surface area contributed by atoms with Crippen molar-refractivity contribution in [2.45, 2.75) is 62.3 Å². The average Bonchev–Trinajstić information content (AvgIpc) is 3.90. The lowest BCUT2D eigenvalue weighted by Crippen LogP contribution is -2.59. The number of phenolic OH excluding ortho intramolecular Hbond substituents is 1. The number of aromatic amines is 2. The highest BCUT2D eigenvalue weighted by Crippen LogP contribution is 2.21. The summed E-state index contributed by atoms with van der Waals surface area (Å²) in [5, 5.41) is 33.0. The first kappa shape index (κ1) is 43.4. The maximum Gasteiger partial charge on any atom is 0.326 e. The lowest BCUT2D eigenvalue weighted by atomic mass is 9.99. The van der Waals surface area contributed by atoms with Gasteiger partial charge in [0.05, 0.1) is 6.04 Å². The molecule has 0 saturated heterocycles. The number of nitrogens with one attached hydrogen (secondary N) is 6. The van der Waals surface area contributed by atoms with Crippen LogP contribution in [0.15, 0.2) is 146 Å². The number of nitrogens with two attached hydrogens (primary N) is 1. The minimum Gasteiger partial charge on any atom is -0.508 e. The Balaban J connectivity index is 1.16. The number of aromatic nitrogens is 2. The fourth-order valence-electron chi connectivity index (χ4n) is 7.64. The maximum atomic E-state index is 14.7. The van der Waals surface area contributed by atoms with E-state index in [0.717, 1.165) is 32.9 Å². The van der Waals surface area contributed by atoms with Crippen LogP contribution in [0.3, 0.4) is 0 Å². The van der Waals surface area contributed by atoms with Crippen LogP contribution in [0.2, 0.25) is 0 Å². The number of H-pyrrole nitrogens is 2. The molecule has 7 rings (SSSR count). The number of phenols is 1. The van der Waals surface area contributed by atoms with E-state index < -0.39 is 59.8 Å². The van der Waals surface area contributed by atoms with Crippen LogP contribution in [0.5, 0.6) is 5.75 Å². The van der Waals surface area contributed by atoms with Crippen LogP contribution in [0.4, 0.5) is 0 Å². The average molecular weight is 848 g/mol. The summed E-state index contributed by atoms with van der Waals surface area (Å²) < 4.78 is 0. The van der Waals surface area contributed by atoms with Gasteiger partial charge in [0.2, 0.25) is 23.6 Å². The Morgan fingerprint density at radius 1 is 0.460 bits per heavy atom. The molecule has 0 bridgehead atoms. The molecular formula is C49H49N7O7. The van der Waals surface area contributed by atoms with Crippen LogP contribution in [-0.4, -0.2) is 80.0 Å². The third-order valence-electron chi connectivity index (χ3n) is 11.0. The highest BCUT2D eigenvalue weighted by atomic mass is 16.4. The minimum atomic E-state index is -1.37. The second-order valence-electron chi connectivity index (χ2n) is 15.6. The largest absolute Gasteiger partial charge is 0.508 e. The number of para-hydroxylation sites is 2. The van der Waals surface area contributed by atoms with Crippen molar-refractivity contribution in [2.75, 3.05) is 0 Å². The van der Waals surface area contributed by atoms with E-state index >= 15 is 0 Å². The number of hydrogen-bond acceptors (Lipinski definition) is 7. The van der Waals surface area contributed by atoms with Crippen molar-refractivity contribution in [1.29, 1.82) is 0 Å². The van der Waals surface area contributed by atoms with Gasteiger partial charge in [-0.1, -0.05) is 109 Å². The van der Waals surface area contributed by atoms with Gasteiger partial charge in [0, 0.05) is 59.9 Å². The Hall–Kier alpha value is -7.71. The first-order chi connectivity index (χ1) is 30.5. The van der Waals surface area contributed by atoms with E-state index in [4.69, 9.17) is 5.73 Å². The van der Waals surface area contributed by atoms with Crippen molar-refractivity contribution in [3.05, 3.63) is 174 Å². The third kappa shape index (κ3) is 11.4. The zero-order valence-electron chi connectivity index (χ0n) is 34.3. The molecule has 0 fully saturated rings. The molecule has 0 radical (unpaired) electrons. The van der Waals surface area contributed by atoms with E-state index in [9.17, 15) is 34.2 Å². The molecule has 0 aliphatic carbocycles. The topological polar surface area (TPSA) is 232 Å². The monoisotopic (exact) mass is 847 g/mol. The van der Waals surface area contributed by atoms with E-state index in [0.29, 0.717) is 16.7 Å². The highest BCUT2D eigenvalue weighted by Gasteiger charge is 2.33. The van der Waals surface area contributed by atoms with Crippen LogP contribution < -0.4 is 27.0 Å². The fraction of sp³-hybridized carbons (Fsp3) is 0.204. The summed E-state index contributed by atoms with van der Waals surface area (Å²) in [7, 11) is 0. The number of carboxylic acids is 1. The summed E-state index contributed by atoms with van der Waals surface area (Å²) in [5.74, 6) is -4.01. The zero-order chi connectivity index (χ0) is 44.3. The predicted octanol–water partition coefficient (Wildman–Crippen LogP) is 4.22. The van der Waals surface area contributed by atoms with Gasteiger partial charge in [0.1, 0.15) is 29.9 Å². The Morgan fingerprint density at radius 3 is 1.33 bits per heavy atom. The van der Waals surface area contributed by atoms with Gasteiger partial charge in [0.25, 0.3) is 0 Å². The first-order valence-electron chi connectivity index (χ1n) is 20.7. The Morgan fingerprint density at radius 2 is 0.841 bits per heavy atom. The molecule has 14 nitrogen and oxygen atoms in total. The van der Waals surface area contributed by atoms with Crippen molar-refractivity contribution in [2.24, 2.45) is 5.73 Å². The van der Waals surface area contributed by atoms with Crippen molar-refractivity contribution in [1.82, 2.24) is 31.2 Å². The maximum absolute atomic E-state index is 14.7. The predicted molar refractivity (Wildman–Crippen MR) is 239 cm³/mol. The number of carbonyl (C=O) groups excluding carboxylic acids is 4. The van der Waals surface area contributed by atoms with E-state index in [1.165, 1.54) is 12.1 Å². The summed E-state index contributed by atoms with van der Waals surface area (Å²) in [6.45, 7) is 0. The third-order valence-corrected chi connectivity index (χ3v) is 11.0. The molecule has 0 unspecified atom stereocenters. The molecule has 7 aromatic rings. The molecule has 0 saturated carbocycles. The summed E-state index contributed by atoms with van der Waals surface area (Å²) >= 11 is 0. The second-order valence-corrected chi connectivity index (χ2v) is 15.6. The van der Waals surface area contributed by atoms with Crippen LogP contribution in [0, 0.1) is 0 Å². The van der Waals surface area contributed by atoms with E-state index in [1.807, 2.05) is 109 Å². The van der Waals surface area contributed by atoms with E-state index in [2.05, 4.69) is 31.2 Å². The fourth-order valence-corrected chi connectivity index (χ4v) is 7.64. The van der Waals surface area contributed by atoms with Crippen molar-refractivity contribution >= 4 is 51.4 Å². The van der Waals surface area contributed by atoms with Crippen molar-refractivity contribution in [3.8, 4) is 5.75 Å². The molecule has 4 amide bonds. The number of aromatic hydroxyl groups is 1. The molecule has 10 N–H and O–H groups in total. The number of fused-ring (bicyclic) bond motifs is 2. The number of aliphatic carboxylic acids is 1. The molecule has 2 heterocycles. The normalized spacial score (nSPS) is 13.6. The minimum absolute atomic E-state index is 0.00636. The van der Waals surface area contributed by atoms with Gasteiger partial charge in [-0.05, 0) is 58.5 Å². The molecule has 63 heavy (non-hydrogen) atoms. The first-order valence-corrected chi connectivity index (χ1v) is 20.7. The molecule has 0 aliphatic heterocycles. The summed E-state index contributed by atoms with van der Waals surface area (Å²) in [6, 6.07) is 33.2. The summed E-state index contributed by atoms with van der Waals surface area (Å²) in [6.07, 6.45) is 3.60. The van der Waals surface area contributed by atoms with Gasteiger partial charge in [0.15, 0.2) is 0 Å². The van der Waals surface area contributed by atoms with Crippen LogP contribution in [0.25, 0.3) is 21.8 Å². The number of carboxylic acid groups (broad SMARTS) is 1. The Labute approximate surface area is 363 Å². The zero-order valence-corrected chi connectivity index (χ0v) is 34.3. The standard InChI is InChI=1S/C49H49N7O7/c50-38(23-30-11-3-1-4-12-30)45(58)53-41(24-31-13-5-2-6-14-31)46(59)55-43(26-33-28-51-39-17-9-7-15-36(33)39)48(61)54-42(25-32-19-21-35(57)22-20-32)47(60)56-44(49(62)63)27-34-29-52-40-18-10-8-16-37(34)40/h1-22,28-29,38,41-44,51-52,57H,23-27,50H2,(H,53,58)(H,54,61)(H,55,59)(H,56,60)(H,62,63)/t38-,41-,42-,43-,44-/m1/s1. The molecule has 14 heteroatoms. The van der Waals surface area contributed by atoms with E-state index in [-0.39, 0.29) is 37.9 Å². The molecule has 0 aliphatic rings. The highest BCUT2D eigenvalue weighted by molar-refractivity contribution is 5.96. The van der Waals surface area contributed by atoms with Crippen molar-refractivity contribution in [3.63, 3.8) is 0 Å². The number of rotatable bonds is 19.